The van der Waals surface area contributed by atoms with Gasteiger partial charge in [-0.15, -0.1) is 0 Å². The lowest BCUT2D eigenvalue weighted by molar-refractivity contribution is -0.193. The van der Waals surface area contributed by atoms with Crippen LogP contribution in [0.25, 0.3) is 0 Å². The summed E-state index contributed by atoms with van der Waals surface area (Å²) in [6.45, 7) is 19.9. The lowest BCUT2D eigenvalue weighted by Gasteiger charge is -2.35. The van der Waals surface area contributed by atoms with Crippen molar-refractivity contribution in [3.8, 4) is 0 Å². The van der Waals surface area contributed by atoms with Crippen LogP contribution in [0.2, 0.25) is 0 Å². The van der Waals surface area contributed by atoms with Crippen molar-refractivity contribution in [2.75, 3.05) is 26.4 Å². The Bertz CT molecular complexity index is 2390. The fourth-order valence-electron chi connectivity index (χ4n) is 10.7. The van der Waals surface area contributed by atoms with E-state index in [1.165, 1.54) is 171 Å². The molecule has 17 nitrogen and oxygen atoms in total. The summed E-state index contributed by atoms with van der Waals surface area (Å²) in [6, 6.07) is 25.3. The minimum atomic E-state index is -1.22. The third-order valence-electron chi connectivity index (χ3n) is 15.9. The lowest BCUT2D eigenvalue weighted by Crippen LogP contribution is -2.54. The van der Waals surface area contributed by atoms with Gasteiger partial charge in [0.1, 0.15) is 12.1 Å². The van der Waals surface area contributed by atoms with Crippen molar-refractivity contribution >= 4 is 42.0 Å². The molecule has 4 atom stereocenters. The van der Waals surface area contributed by atoms with Crippen molar-refractivity contribution in [1.82, 2.24) is 16.0 Å². The van der Waals surface area contributed by atoms with Gasteiger partial charge >= 0.3 is 24.2 Å². The van der Waals surface area contributed by atoms with Crippen LogP contribution in [0.4, 0.5) is 0 Å². The molecule has 3 aromatic rings. The van der Waals surface area contributed by atoms with Crippen molar-refractivity contribution in [2.24, 2.45) is 0 Å². The molecule has 0 spiro atoms. The Kier molecular flexibility index (Phi) is 49.9. The molecule has 4 unspecified atom stereocenters. The number of rotatable bonds is 41. The van der Waals surface area contributed by atoms with Gasteiger partial charge in [-0.1, -0.05) is 211 Å². The van der Waals surface area contributed by atoms with Gasteiger partial charge in [-0.05, 0) is 117 Å². The van der Waals surface area contributed by atoms with E-state index in [0.29, 0.717) is 31.4 Å². The number of nitrogens with one attached hydrogen (secondary N) is 3. The number of esters is 2. The molecule has 3 aromatic carbocycles. The third-order valence-corrected chi connectivity index (χ3v) is 15.9. The maximum atomic E-state index is 12.5. The van der Waals surface area contributed by atoms with Crippen molar-refractivity contribution in [1.29, 1.82) is 0 Å². The highest BCUT2D eigenvalue weighted by Crippen LogP contribution is 2.30. The Hall–Kier alpha value is -6.35. The number of unbranched alkanes of at least 4 members (excludes halogenated alkanes) is 15. The highest BCUT2D eigenvalue weighted by Gasteiger charge is 2.39. The number of hydrogen-bond acceptors (Lipinski definition) is 14. The molecule has 0 radical (unpaired) electrons. The molecule has 0 saturated heterocycles. The first-order valence-electron chi connectivity index (χ1n) is 32.9. The fourth-order valence-corrected chi connectivity index (χ4v) is 10.7. The number of carbonyl (C=O) groups is 5. The normalized spacial score (nSPS) is 12.6. The summed E-state index contributed by atoms with van der Waals surface area (Å²) in [5.41, 5.74) is 4.45. The monoisotopic (exact) mass is 1250 g/mol. The molecule has 6 N–H and O–H groups in total. The van der Waals surface area contributed by atoms with Gasteiger partial charge in [0.25, 0.3) is 0 Å². The SMILES string of the molecule is CCCCCCCCc1ccc(C(C)CC(CC)(COC(C)=O)NC(C)=O)cc1.CCCCCCCCc1ccc(C(O)CC(CO)(CO)NC(C)=O)cc1.CCCCCCCCc1ccc(CCC(CC)(NC(C)=O)C(=O)OCC)cc1.O=C=O.O=C=O. The van der Waals surface area contributed by atoms with Crippen molar-refractivity contribution < 1.29 is 67.9 Å². The summed E-state index contributed by atoms with van der Waals surface area (Å²) in [5.74, 6) is -1.06. The Labute approximate surface area is 534 Å². The molecule has 0 aliphatic rings. The van der Waals surface area contributed by atoms with Gasteiger partial charge in [0, 0.05) is 34.1 Å². The predicted molar refractivity (Wildman–Crippen MR) is 349 cm³/mol. The first kappa shape index (κ1) is 84.7. The predicted octanol–water partition coefficient (Wildman–Crippen LogP) is 13.0. The topological polar surface area (TPSA) is 269 Å². The molecule has 0 aromatic heterocycles. The molecule has 3 rings (SSSR count). The van der Waals surface area contributed by atoms with Crippen LogP contribution < -0.4 is 16.0 Å². The Morgan fingerprint density at radius 2 is 0.809 bits per heavy atom. The van der Waals surface area contributed by atoms with Crippen LogP contribution in [-0.2, 0) is 78.3 Å². The Morgan fingerprint density at radius 3 is 1.15 bits per heavy atom. The summed E-state index contributed by atoms with van der Waals surface area (Å²) < 4.78 is 10.5. The molecule has 0 aliphatic heterocycles. The number of benzene rings is 3. The second-order valence-electron chi connectivity index (χ2n) is 23.6. The molecule has 0 saturated carbocycles. The zero-order valence-corrected chi connectivity index (χ0v) is 56.3. The first-order chi connectivity index (χ1) is 42.6. The molecule has 0 fully saturated rings. The molecule has 3 amide bonds. The Morgan fingerprint density at radius 1 is 0.461 bits per heavy atom. The van der Waals surface area contributed by atoms with Gasteiger partial charge in [0.05, 0.1) is 37.0 Å². The highest BCUT2D eigenvalue weighted by molar-refractivity contribution is 5.87. The number of aliphatic hydroxyl groups excluding tert-OH is 3. The van der Waals surface area contributed by atoms with E-state index in [2.05, 4.69) is 92.2 Å². The van der Waals surface area contributed by atoms with E-state index in [1.807, 2.05) is 38.1 Å². The van der Waals surface area contributed by atoms with Gasteiger partial charge in [-0.2, -0.15) is 19.2 Å². The second-order valence-corrected chi connectivity index (χ2v) is 23.6. The molecule has 0 heterocycles. The number of hydrogen-bond donors (Lipinski definition) is 6. The maximum Gasteiger partial charge on any atom is 0.373 e. The molecule has 502 valence electrons. The number of amides is 3. The van der Waals surface area contributed by atoms with Crippen molar-refractivity contribution in [3.63, 3.8) is 0 Å². The smallest absolute Gasteiger partial charge is 0.373 e. The van der Waals surface area contributed by atoms with Crippen LogP contribution in [0, 0.1) is 0 Å². The van der Waals surface area contributed by atoms with Crippen LogP contribution in [-0.4, -0.2) is 100 Å². The zero-order chi connectivity index (χ0) is 67.4. The van der Waals surface area contributed by atoms with Crippen LogP contribution in [0.15, 0.2) is 72.8 Å². The largest absolute Gasteiger partial charge is 0.464 e. The number of aliphatic hydroxyl groups is 3. The summed E-state index contributed by atoms with van der Waals surface area (Å²) in [4.78, 5) is 91.0. The number of carbonyl (C=O) groups excluding carboxylic acids is 9. The highest BCUT2D eigenvalue weighted by atomic mass is 16.5. The van der Waals surface area contributed by atoms with Crippen LogP contribution in [0.3, 0.4) is 0 Å². The van der Waals surface area contributed by atoms with Gasteiger partial charge < -0.3 is 40.7 Å². The molecule has 17 heteroatoms. The minimum absolute atomic E-state index is 0.0519. The number of ether oxygens (including phenoxy) is 2. The summed E-state index contributed by atoms with van der Waals surface area (Å²) in [6.07, 6.45) is 29.6. The van der Waals surface area contributed by atoms with E-state index >= 15 is 0 Å². The van der Waals surface area contributed by atoms with E-state index < -0.39 is 35.9 Å². The van der Waals surface area contributed by atoms with Gasteiger partial charge in [0.15, 0.2) is 0 Å². The van der Waals surface area contributed by atoms with E-state index in [1.54, 1.807) is 6.92 Å². The zero-order valence-electron chi connectivity index (χ0n) is 56.3. The average Bonchev–Trinajstić information content (AvgIpc) is 3.31. The second kappa shape index (κ2) is 52.4. The third kappa shape index (κ3) is 40.1. The Balaban J connectivity index is 0. The standard InChI is InChI=1S/C25H41NO3.C24H39NO3.C21H35NO4.2CO2/c1-6-8-9-10-11-12-13-23-14-16-24(17-15-23)20(3)18-25(7-2,26-21(4)27)19-29-22(5)28;1-5-8-9-10-11-12-13-21-14-16-22(17-15-21)18-19-24(6-2,25-20(4)26)23(27)28-7-3;1-3-4-5-6-7-8-9-18-10-12-19(13-11-18)20(26)14-21(15-23,16-24)22-17(2)25;2*2-1-3/h14-17,20H,6-13,18-19H2,1-5H3,(H,26,27);14-17H,5-13,18-19H2,1-4H3,(H,25,26);10-13,20,23-24,26H,3-9,14-16H2,1-2H3,(H,22,25);;. The average molecular weight is 1250 g/mol. The van der Waals surface area contributed by atoms with Crippen molar-refractivity contribution in [2.45, 2.75) is 278 Å². The minimum Gasteiger partial charge on any atom is -0.464 e. The van der Waals surface area contributed by atoms with Crippen LogP contribution in [0.5, 0.6) is 0 Å². The fraction of sp³-hybridized carbons (Fsp3) is 0.653. The van der Waals surface area contributed by atoms with Gasteiger partial charge in [0.2, 0.25) is 17.7 Å². The summed E-state index contributed by atoms with van der Waals surface area (Å²) in [7, 11) is 0. The van der Waals surface area contributed by atoms with E-state index in [4.69, 9.17) is 28.7 Å². The van der Waals surface area contributed by atoms with E-state index in [-0.39, 0.29) is 60.9 Å². The molecule has 0 bridgehead atoms. The molecule has 0 aliphatic carbocycles. The van der Waals surface area contributed by atoms with Crippen LogP contribution in [0.1, 0.15) is 269 Å². The first-order valence-corrected chi connectivity index (χ1v) is 32.9. The van der Waals surface area contributed by atoms with Crippen LogP contribution >= 0.6 is 0 Å². The summed E-state index contributed by atoms with van der Waals surface area (Å²) in [5, 5.41) is 38.0. The lowest BCUT2D eigenvalue weighted by atomic mass is 9.82. The van der Waals surface area contributed by atoms with Gasteiger partial charge in [-0.25, -0.2) is 4.79 Å². The molecular weight excluding hydrogens is 1130 g/mol. The summed E-state index contributed by atoms with van der Waals surface area (Å²) >= 11 is 0. The van der Waals surface area contributed by atoms with Crippen molar-refractivity contribution in [3.05, 3.63) is 106 Å². The molecular formula is C72H115N3O14. The number of aryl methyl sites for hydroxylation is 4. The maximum absolute atomic E-state index is 12.5. The van der Waals surface area contributed by atoms with Gasteiger partial charge in [-0.3, -0.25) is 19.2 Å². The van der Waals surface area contributed by atoms with E-state index in [9.17, 15) is 39.3 Å². The molecule has 89 heavy (non-hydrogen) atoms. The quantitative estimate of drug-likeness (QED) is 0.0228. The van der Waals surface area contributed by atoms with E-state index in [0.717, 1.165) is 32.1 Å².